The molecule has 0 saturated carbocycles. The summed E-state index contributed by atoms with van der Waals surface area (Å²) in [4.78, 5) is 10.5. The van der Waals surface area contributed by atoms with Crippen molar-refractivity contribution in [1.29, 1.82) is 0 Å². The molecular formula is C5H12O2SSi. The van der Waals surface area contributed by atoms with Crippen LogP contribution >= 0.6 is 11.2 Å². The molecule has 0 aliphatic rings. The van der Waals surface area contributed by atoms with Gasteiger partial charge in [-0.1, -0.05) is 11.2 Å². The van der Waals surface area contributed by atoms with Gasteiger partial charge in [0.25, 0.3) is 7.47 Å². The molecule has 0 aliphatic heterocycles. The summed E-state index contributed by atoms with van der Waals surface area (Å²) in [5.74, 6) is 0. The normalized spacial score (nSPS) is 11.6. The van der Waals surface area contributed by atoms with Gasteiger partial charge < -0.3 is 4.43 Å². The third-order valence-electron chi connectivity index (χ3n) is 0.881. The molecule has 0 aliphatic carbocycles. The van der Waals surface area contributed by atoms with Gasteiger partial charge >= 0.3 is 0 Å². The minimum absolute atomic E-state index is 0.147. The lowest BCUT2D eigenvalue weighted by molar-refractivity contribution is -0.109. The van der Waals surface area contributed by atoms with E-state index in [-0.39, 0.29) is 5.12 Å². The summed E-state index contributed by atoms with van der Waals surface area (Å²) >= 11 is 1.33. The van der Waals surface area contributed by atoms with Crippen LogP contribution in [0.5, 0.6) is 0 Å². The minimum atomic E-state index is -1.67. The van der Waals surface area contributed by atoms with Crippen LogP contribution in [0.1, 0.15) is 6.92 Å². The first-order chi connectivity index (χ1) is 3.98. The molecule has 0 unspecified atom stereocenters. The van der Waals surface area contributed by atoms with Crippen molar-refractivity contribution < 1.29 is 9.22 Å². The van der Waals surface area contributed by atoms with E-state index in [1.807, 2.05) is 13.1 Å². The zero-order valence-corrected chi connectivity index (χ0v) is 8.04. The average Bonchev–Trinajstić information content (AvgIpc) is 1.63. The molecule has 0 heterocycles. The second-order valence-electron chi connectivity index (χ2n) is 2.20. The first-order valence-electron chi connectivity index (χ1n) is 2.72. The summed E-state index contributed by atoms with van der Waals surface area (Å²) in [6.07, 6.45) is 0. The van der Waals surface area contributed by atoms with Crippen molar-refractivity contribution in [3.8, 4) is 0 Å². The molecule has 4 heteroatoms. The van der Waals surface area contributed by atoms with E-state index in [0.717, 1.165) is 0 Å². The molecule has 2 nitrogen and oxygen atoms in total. The van der Waals surface area contributed by atoms with Gasteiger partial charge in [0.2, 0.25) is 0 Å². The van der Waals surface area contributed by atoms with E-state index in [0.29, 0.717) is 0 Å². The zero-order valence-electron chi connectivity index (χ0n) is 6.22. The van der Waals surface area contributed by atoms with Gasteiger partial charge in [-0.25, -0.2) is 0 Å². The Morgan fingerprint density at radius 2 is 2.00 bits per heavy atom. The molecule has 0 N–H and O–H groups in total. The van der Waals surface area contributed by atoms with E-state index in [1.54, 1.807) is 14.0 Å². The number of hydrogen-bond acceptors (Lipinski definition) is 3. The Morgan fingerprint density at radius 3 is 2.11 bits per heavy atom. The van der Waals surface area contributed by atoms with E-state index in [1.165, 1.54) is 11.2 Å². The SMILES string of the molecule is CO[Si](C)(C)SC(C)=O. The molecule has 0 fully saturated rings. The predicted molar refractivity (Wildman–Crippen MR) is 42.8 cm³/mol. The number of rotatable bonds is 2. The van der Waals surface area contributed by atoms with Crippen LogP contribution in [0.15, 0.2) is 0 Å². The lowest BCUT2D eigenvalue weighted by Crippen LogP contribution is -2.25. The van der Waals surface area contributed by atoms with E-state index in [4.69, 9.17) is 4.43 Å². The summed E-state index contributed by atoms with van der Waals surface area (Å²) in [6.45, 7) is 5.57. The van der Waals surface area contributed by atoms with Crippen molar-refractivity contribution in [3.05, 3.63) is 0 Å². The van der Waals surface area contributed by atoms with Crippen molar-refractivity contribution in [2.75, 3.05) is 7.11 Å². The Kier molecular flexibility index (Phi) is 3.46. The molecule has 0 saturated heterocycles. The molecule has 9 heavy (non-hydrogen) atoms. The van der Waals surface area contributed by atoms with Crippen LogP contribution in [-0.4, -0.2) is 19.7 Å². The fraction of sp³-hybridized carbons (Fsp3) is 0.800. The van der Waals surface area contributed by atoms with Gasteiger partial charge in [0.15, 0.2) is 5.12 Å². The molecule has 0 amide bonds. The van der Waals surface area contributed by atoms with Gasteiger partial charge in [0, 0.05) is 14.0 Å². The van der Waals surface area contributed by atoms with Crippen molar-refractivity contribution >= 4 is 23.8 Å². The Morgan fingerprint density at radius 1 is 1.56 bits per heavy atom. The quantitative estimate of drug-likeness (QED) is 0.580. The van der Waals surface area contributed by atoms with Crippen molar-refractivity contribution in [3.63, 3.8) is 0 Å². The average molecular weight is 164 g/mol. The van der Waals surface area contributed by atoms with Gasteiger partial charge in [-0.2, -0.15) is 0 Å². The van der Waals surface area contributed by atoms with Gasteiger partial charge in [-0.05, 0) is 13.1 Å². The highest BCUT2D eigenvalue weighted by Gasteiger charge is 2.23. The molecule has 0 aromatic carbocycles. The second kappa shape index (κ2) is 3.39. The van der Waals surface area contributed by atoms with E-state index in [2.05, 4.69) is 0 Å². The molecule has 0 atom stereocenters. The maximum Gasteiger partial charge on any atom is 0.255 e. The highest BCUT2D eigenvalue weighted by molar-refractivity contribution is 8.38. The van der Waals surface area contributed by atoms with Gasteiger partial charge in [0.05, 0.1) is 0 Å². The predicted octanol–water partition coefficient (Wildman–Crippen LogP) is 1.61. The highest BCUT2D eigenvalue weighted by Crippen LogP contribution is 2.20. The van der Waals surface area contributed by atoms with Crippen molar-refractivity contribution in [2.24, 2.45) is 0 Å². The summed E-state index contributed by atoms with van der Waals surface area (Å²) in [5, 5.41) is 0.147. The van der Waals surface area contributed by atoms with Crippen molar-refractivity contribution in [2.45, 2.75) is 20.0 Å². The molecule has 0 spiro atoms. The number of carbonyl (C=O) groups is 1. The summed E-state index contributed by atoms with van der Waals surface area (Å²) in [6, 6.07) is 0. The molecule has 0 aromatic heterocycles. The van der Waals surface area contributed by atoms with Crippen LogP contribution in [-0.2, 0) is 9.22 Å². The fourth-order valence-corrected chi connectivity index (χ4v) is 3.49. The third kappa shape index (κ3) is 4.68. The Labute approximate surface area is 60.7 Å². The zero-order chi connectivity index (χ0) is 7.49. The lowest BCUT2D eigenvalue weighted by atomic mass is 10.9. The Hall–Kier alpha value is 0.197. The third-order valence-corrected chi connectivity index (χ3v) is 5.48. The van der Waals surface area contributed by atoms with E-state index < -0.39 is 7.47 Å². The van der Waals surface area contributed by atoms with Crippen LogP contribution < -0.4 is 0 Å². The molecule has 0 radical (unpaired) electrons. The van der Waals surface area contributed by atoms with Gasteiger partial charge in [0.1, 0.15) is 0 Å². The molecule has 54 valence electrons. The van der Waals surface area contributed by atoms with Crippen LogP contribution in [0.25, 0.3) is 0 Å². The van der Waals surface area contributed by atoms with E-state index >= 15 is 0 Å². The van der Waals surface area contributed by atoms with E-state index in [9.17, 15) is 4.79 Å². The summed E-state index contributed by atoms with van der Waals surface area (Å²) in [7, 11) is -0.0183. The summed E-state index contributed by atoms with van der Waals surface area (Å²) in [5.41, 5.74) is 0. The topological polar surface area (TPSA) is 26.3 Å². The Balaban J connectivity index is 3.71. The first-order valence-corrected chi connectivity index (χ1v) is 7.17. The highest BCUT2D eigenvalue weighted by atomic mass is 32.4. The number of hydrogen-bond donors (Lipinski definition) is 0. The molecule has 0 bridgehead atoms. The maximum absolute atomic E-state index is 10.5. The lowest BCUT2D eigenvalue weighted by Gasteiger charge is -2.15. The van der Waals surface area contributed by atoms with Gasteiger partial charge in [-0.3, -0.25) is 4.79 Å². The maximum atomic E-state index is 10.5. The van der Waals surface area contributed by atoms with Crippen molar-refractivity contribution in [1.82, 2.24) is 0 Å². The molecule has 0 rings (SSSR count). The fourth-order valence-electron chi connectivity index (χ4n) is 0.388. The molecule has 0 aromatic rings. The monoisotopic (exact) mass is 164 g/mol. The number of carbonyl (C=O) groups excluding carboxylic acids is 1. The summed E-state index contributed by atoms with van der Waals surface area (Å²) < 4.78 is 5.13. The minimum Gasteiger partial charge on any atom is -0.410 e. The molecular weight excluding hydrogens is 152 g/mol. The van der Waals surface area contributed by atoms with Crippen LogP contribution in [0.2, 0.25) is 13.1 Å². The second-order valence-corrected chi connectivity index (χ2v) is 9.75. The smallest absolute Gasteiger partial charge is 0.255 e. The first kappa shape index (κ1) is 9.20. The van der Waals surface area contributed by atoms with Gasteiger partial charge in [-0.15, -0.1) is 0 Å². The van der Waals surface area contributed by atoms with Crippen LogP contribution in [0.3, 0.4) is 0 Å². The largest absolute Gasteiger partial charge is 0.410 e. The van der Waals surface area contributed by atoms with Crippen LogP contribution in [0.4, 0.5) is 0 Å². The Bertz CT molecular complexity index is 114. The standard InChI is InChI=1S/C5H12O2SSi/c1-5(6)8-9(3,4)7-2/h1-4H3. The van der Waals surface area contributed by atoms with Crippen LogP contribution in [0, 0.1) is 0 Å².